The van der Waals surface area contributed by atoms with E-state index in [1.807, 2.05) is 42.5 Å². The monoisotopic (exact) mass is 349 g/mol. The number of amides is 2. The van der Waals surface area contributed by atoms with Gasteiger partial charge >= 0.3 is 0 Å². The minimum atomic E-state index is -0.716. The van der Waals surface area contributed by atoms with E-state index in [4.69, 9.17) is 4.42 Å². The summed E-state index contributed by atoms with van der Waals surface area (Å²) >= 11 is 0. The molecule has 1 aromatic carbocycles. The molecule has 0 saturated heterocycles. The molecule has 0 aliphatic heterocycles. The van der Waals surface area contributed by atoms with Gasteiger partial charge in [-0.15, -0.1) is 0 Å². The summed E-state index contributed by atoms with van der Waals surface area (Å²) < 4.78 is 5.10. The standard InChI is InChI=1S/C20H19N3O3/c24-19(22-14-16-8-4-10-21-13-16)17(12-15-6-2-1-3-7-15)23-20(25)18-9-5-11-26-18/h1-11,13,17H,12,14H2,(H,22,24)(H,23,25)/t17-/m0/s1. The van der Waals surface area contributed by atoms with Crippen LogP contribution in [0, 0.1) is 0 Å². The molecule has 0 saturated carbocycles. The predicted octanol–water partition coefficient (Wildman–Crippen LogP) is 2.33. The Morgan fingerprint density at radius 2 is 1.81 bits per heavy atom. The van der Waals surface area contributed by atoms with Gasteiger partial charge in [0, 0.05) is 25.4 Å². The van der Waals surface area contributed by atoms with Gasteiger partial charge in [-0.2, -0.15) is 0 Å². The molecule has 0 aliphatic carbocycles. The molecule has 3 aromatic rings. The number of rotatable bonds is 7. The number of hydrogen-bond acceptors (Lipinski definition) is 4. The Kier molecular flexibility index (Phi) is 5.77. The third-order valence-corrected chi connectivity index (χ3v) is 3.84. The summed E-state index contributed by atoms with van der Waals surface area (Å²) in [4.78, 5) is 29.0. The Morgan fingerprint density at radius 3 is 2.50 bits per heavy atom. The first-order valence-electron chi connectivity index (χ1n) is 8.27. The number of benzene rings is 1. The summed E-state index contributed by atoms with van der Waals surface area (Å²) in [7, 11) is 0. The van der Waals surface area contributed by atoms with Gasteiger partial charge < -0.3 is 15.1 Å². The van der Waals surface area contributed by atoms with Crippen molar-refractivity contribution < 1.29 is 14.0 Å². The van der Waals surface area contributed by atoms with E-state index in [1.54, 1.807) is 24.5 Å². The van der Waals surface area contributed by atoms with Crippen molar-refractivity contribution in [3.8, 4) is 0 Å². The number of hydrogen-bond donors (Lipinski definition) is 2. The van der Waals surface area contributed by atoms with E-state index in [9.17, 15) is 9.59 Å². The Bertz CT molecular complexity index is 833. The molecule has 1 atom stereocenters. The molecule has 0 aliphatic rings. The Balaban J connectivity index is 1.68. The van der Waals surface area contributed by atoms with Crippen LogP contribution in [0.5, 0.6) is 0 Å². The van der Waals surface area contributed by atoms with Crippen molar-refractivity contribution in [2.45, 2.75) is 19.0 Å². The molecular formula is C20H19N3O3. The number of carbonyl (C=O) groups is 2. The first kappa shape index (κ1) is 17.4. The Morgan fingerprint density at radius 1 is 1.00 bits per heavy atom. The topological polar surface area (TPSA) is 84.2 Å². The number of carbonyl (C=O) groups excluding carboxylic acids is 2. The van der Waals surface area contributed by atoms with Gasteiger partial charge in [0.15, 0.2) is 5.76 Å². The Hall–Kier alpha value is -3.41. The molecule has 6 nitrogen and oxygen atoms in total. The molecule has 0 fully saturated rings. The van der Waals surface area contributed by atoms with Crippen LogP contribution < -0.4 is 10.6 Å². The van der Waals surface area contributed by atoms with Crippen molar-refractivity contribution in [3.05, 3.63) is 90.1 Å². The highest BCUT2D eigenvalue weighted by Gasteiger charge is 2.22. The van der Waals surface area contributed by atoms with E-state index in [0.29, 0.717) is 13.0 Å². The van der Waals surface area contributed by atoms with E-state index in [1.165, 1.54) is 6.26 Å². The van der Waals surface area contributed by atoms with Crippen molar-refractivity contribution in [3.63, 3.8) is 0 Å². The minimum Gasteiger partial charge on any atom is -0.459 e. The molecule has 26 heavy (non-hydrogen) atoms. The van der Waals surface area contributed by atoms with Crippen LogP contribution >= 0.6 is 0 Å². The summed E-state index contributed by atoms with van der Waals surface area (Å²) in [5.74, 6) is -0.520. The molecule has 132 valence electrons. The van der Waals surface area contributed by atoms with Crippen molar-refractivity contribution in [2.75, 3.05) is 0 Å². The van der Waals surface area contributed by atoms with Gasteiger partial charge in [-0.3, -0.25) is 14.6 Å². The van der Waals surface area contributed by atoms with Crippen LogP contribution in [-0.2, 0) is 17.8 Å². The molecule has 0 radical (unpaired) electrons. The summed E-state index contributed by atoms with van der Waals surface area (Å²) in [5.41, 5.74) is 1.84. The highest BCUT2D eigenvalue weighted by atomic mass is 16.3. The van der Waals surface area contributed by atoms with Crippen LogP contribution in [0.1, 0.15) is 21.7 Å². The maximum absolute atomic E-state index is 12.6. The molecule has 2 heterocycles. The van der Waals surface area contributed by atoms with Gasteiger partial charge in [0.25, 0.3) is 5.91 Å². The minimum absolute atomic E-state index is 0.170. The maximum atomic E-state index is 12.6. The zero-order valence-corrected chi connectivity index (χ0v) is 14.1. The molecule has 0 unspecified atom stereocenters. The van der Waals surface area contributed by atoms with Crippen LogP contribution in [0.25, 0.3) is 0 Å². The lowest BCUT2D eigenvalue weighted by Crippen LogP contribution is -2.47. The lowest BCUT2D eigenvalue weighted by Gasteiger charge is -2.18. The van der Waals surface area contributed by atoms with E-state index >= 15 is 0 Å². The quantitative estimate of drug-likeness (QED) is 0.686. The number of nitrogens with one attached hydrogen (secondary N) is 2. The second-order valence-corrected chi connectivity index (χ2v) is 5.77. The summed E-state index contributed by atoms with van der Waals surface area (Å²) in [6.07, 6.45) is 5.16. The molecule has 0 bridgehead atoms. The molecule has 6 heteroatoms. The maximum Gasteiger partial charge on any atom is 0.287 e. The molecule has 2 amide bonds. The third kappa shape index (κ3) is 4.80. The van der Waals surface area contributed by atoms with E-state index in [2.05, 4.69) is 15.6 Å². The predicted molar refractivity (Wildman–Crippen MR) is 96.2 cm³/mol. The van der Waals surface area contributed by atoms with Crippen LogP contribution in [0.4, 0.5) is 0 Å². The SMILES string of the molecule is O=C(N[C@@H](Cc1ccccc1)C(=O)NCc1cccnc1)c1ccco1. The number of nitrogens with zero attached hydrogens (tertiary/aromatic N) is 1. The first-order chi connectivity index (χ1) is 12.7. The van der Waals surface area contributed by atoms with Gasteiger partial charge in [0.2, 0.25) is 5.91 Å². The van der Waals surface area contributed by atoms with Crippen LogP contribution in [0.15, 0.2) is 77.7 Å². The first-order valence-corrected chi connectivity index (χ1v) is 8.27. The summed E-state index contributed by atoms with van der Waals surface area (Å²) in [6.45, 7) is 0.342. The lowest BCUT2D eigenvalue weighted by atomic mass is 10.0. The highest BCUT2D eigenvalue weighted by Crippen LogP contribution is 2.06. The van der Waals surface area contributed by atoms with Crippen molar-refractivity contribution in [1.29, 1.82) is 0 Å². The van der Waals surface area contributed by atoms with Crippen molar-refractivity contribution in [1.82, 2.24) is 15.6 Å². The van der Waals surface area contributed by atoms with E-state index < -0.39 is 11.9 Å². The fourth-order valence-electron chi connectivity index (χ4n) is 2.51. The molecule has 0 spiro atoms. The third-order valence-electron chi connectivity index (χ3n) is 3.84. The molecule has 2 N–H and O–H groups in total. The van der Waals surface area contributed by atoms with Gasteiger partial charge in [-0.05, 0) is 29.3 Å². The normalized spacial score (nSPS) is 11.5. The van der Waals surface area contributed by atoms with Gasteiger partial charge in [-0.1, -0.05) is 36.4 Å². The second kappa shape index (κ2) is 8.62. The van der Waals surface area contributed by atoms with Crippen molar-refractivity contribution in [2.24, 2.45) is 0 Å². The summed E-state index contributed by atoms with van der Waals surface area (Å²) in [5, 5.41) is 5.59. The van der Waals surface area contributed by atoms with E-state index in [-0.39, 0.29) is 11.7 Å². The van der Waals surface area contributed by atoms with Crippen LogP contribution in [-0.4, -0.2) is 22.8 Å². The summed E-state index contributed by atoms with van der Waals surface area (Å²) in [6, 6.07) is 15.7. The van der Waals surface area contributed by atoms with Crippen molar-refractivity contribution >= 4 is 11.8 Å². The second-order valence-electron chi connectivity index (χ2n) is 5.77. The molecule has 3 rings (SSSR count). The molecule has 2 aromatic heterocycles. The fraction of sp³-hybridized carbons (Fsp3) is 0.150. The van der Waals surface area contributed by atoms with Gasteiger partial charge in [0.1, 0.15) is 6.04 Å². The Labute approximate surface area is 151 Å². The highest BCUT2D eigenvalue weighted by molar-refractivity contribution is 5.95. The largest absolute Gasteiger partial charge is 0.459 e. The van der Waals surface area contributed by atoms with Crippen LogP contribution in [0.2, 0.25) is 0 Å². The lowest BCUT2D eigenvalue weighted by molar-refractivity contribution is -0.123. The smallest absolute Gasteiger partial charge is 0.287 e. The molecular weight excluding hydrogens is 330 g/mol. The zero-order chi connectivity index (χ0) is 18.2. The number of aromatic nitrogens is 1. The van der Waals surface area contributed by atoms with E-state index in [0.717, 1.165) is 11.1 Å². The zero-order valence-electron chi connectivity index (χ0n) is 14.1. The fourth-order valence-corrected chi connectivity index (χ4v) is 2.51. The van der Waals surface area contributed by atoms with Gasteiger partial charge in [0.05, 0.1) is 6.26 Å². The number of furan rings is 1. The van der Waals surface area contributed by atoms with Gasteiger partial charge in [-0.25, -0.2) is 0 Å². The average molecular weight is 349 g/mol. The number of pyridine rings is 1. The van der Waals surface area contributed by atoms with Crippen LogP contribution in [0.3, 0.4) is 0 Å². The average Bonchev–Trinajstić information content (AvgIpc) is 3.22.